The molecule has 6 nitrogen and oxygen atoms in total. The number of benzene rings is 4. The molecule has 0 atom stereocenters. The SMILES string of the molecule is O=C(O)c1ccc(COc2ccc(Cl)cc2NS(=O)(=O)c2ccccc2Cc2ccccc2)cc1. The topological polar surface area (TPSA) is 92.7 Å². The van der Waals surface area contributed by atoms with Crippen LogP contribution in [0.2, 0.25) is 5.02 Å². The Hall–Kier alpha value is -3.81. The first-order chi connectivity index (χ1) is 16.8. The molecule has 0 aliphatic carbocycles. The van der Waals surface area contributed by atoms with E-state index in [0.717, 1.165) is 11.1 Å². The Bertz CT molecular complexity index is 1440. The molecular formula is C27H22ClNO5S. The highest BCUT2D eigenvalue weighted by molar-refractivity contribution is 7.92. The fourth-order valence-corrected chi connectivity index (χ4v) is 5.01. The highest BCUT2D eigenvalue weighted by Crippen LogP contribution is 2.32. The highest BCUT2D eigenvalue weighted by Gasteiger charge is 2.21. The Morgan fingerprint density at radius 1 is 0.857 bits per heavy atom. The zero-order valence-corrected chi connectivity index (χ0v) is 20.1. The number of anilines is 1. The van der Waals surface area contributed by atoms with E-state index < -0.39 is 16.0 Å². The van der Waals surface area contributed by atoms with Crippen LogP contribution in [0.15, 0.2) is 102 Å². The zero-order valence-electron chi connectivity index (χ0n) is 18.5. The summed E-state index contributed by atoms with van der Waals surface area (Å²) in [5.41, 5.74) is 2.76. The van der Waals surface area contributed by atoms with Gasteiger partial charge in [0.15, 0.2) is 0 Å². The Morgan fingerprint density at radius 2 is 1.54 bits per heavy atom. The van der Waals surface area contributed by atoms with E-state index in [9.17, 15) is 13.2 Å². The first-order valence-corrected chi connectivity index (χ1v) is 12.6. The van der Waals surface area contributed by atoms with Gasteiger partial charge in [-0.25, -0.2) is 13.2 Å². The standard InChI is InChI=1S/C27H22ClNO5S/c28-23-14-15-25(34-18-20-10-12-21(13-11-20)27(30)31)24(17-23)29-35(32,33)26-9-5-4-8-22(26)16-19-6-2-1-3-7-19/h1-15,17,29H,16,18H2,(H,30,31). The molecule has 0 spiro atoms. The van der Waals surface area contributed by atoms with Crippen molar-refractivity contribution in [2.45, 2.75) is 17.9 Å². The van der Waals surface area contributed by atoms with Crippen LogP contribution < -0.4 is 9.46 Å². The molecule has 0 aromatic heterocycles. The quantitative estimate of drug-likeness (QED) is 0.289. The maximum absolute atomic E-state index is 13.4. The number of carboxylic acids is 1. The largest absolute Gasteiger partial charge is 0.487 e. The third-order valence-electron chi connectivity index (χ3n) is 5.28. The number of carbonyl (C=O) groups is 1. The lowest BCUT2D eigenvalue weighted by Crippen LogP contribution is -2.16. The molecule has 0 amide bonds. The smallest absolute Gasteiger partial charge is 0.335 e. The summed E-state index contributed by atoms with van der Waals surface area (Å²) in [5.74, 6) is -0.722. The molecule has 178 valence electrons. The third kappa shape index (κ3) is 6.20. The molecule has 35 heavy (non-hydrogen) atoms. The molecule has 4 aromatic rings. The van der Waals surface area contributed by atoms with E-state index >= 15 is 0 Å². The van der Waals surface area contributed by atoms with Gasteiger partial charge in [0.25, 0.3) is 10.0 Å². The van der Waals surface area contributed by atoms with Gasteiger partial charge in [-0.15, -0.1) is 0 Å². The normalized spacial score (nSPS) is 11.1. The molecule has 4 rings (SSSR count). The molecule has 0 heterocycles. The van der Waals surface area contributed by atoms with Gasteiger partial charge in [-0.2, -0.15) is 0 Å². The maximum atomic E-state index is 13.4. The fraction of sp³-hybridized carbons (Fsp3) is 0.0741. The minimum absolute atomic E-state index is 0.112. The van der Waals surface area contributed by atoms with Crippen LogP contribution in [-0.4, -0.2) is 19.5 Å². The molecule has 2 N–H and O–H groups in total. The molecule has 0 bridgehead atoms. The summed E-state index contributed by atoms with van der Waals surface area (Å²) in [5, 5.41) is 9.39. The van der Waals surface area contributed by atoms with Crippen LogP contribution in [0.5, 0.6) is 5.75 Å². The Labute approximate surface area is 208 Å². The van der Waals surface area contributed by atoms with E-state index in [-0.39, 0.29) is 22.8 Å². The summed E-state index contributed by atoms with van der Waals surface area (Å²) in [4.78, 5) is 11.2. The number of rotatable bonds is 9. The first kappa shape index (κ1) is 24.3. The number of aromatic carboxylic acids is 1. The predicted octanol–water partition coefficient (Wildman–Crippen LogP) is 6.01. The second-order valence-electron chi connectivity index (χ2n) is 7.81. The number of hydrogen-bond donors (Lipinski definition) is 2. The second kappa shape index (κ2) is 10.6. The lowest BCUT2D eigenvalue weighted by molar-refractivity contribution is 0.0697. The van der Waals surface area contributed by atoms with Crippen LogP contribution in [0.3, 0.4) is 0 Å². The second-order valence-corrected chi connectivity index (χ2v) is 9.89. The highest BCUT2D eigenvalue weighted by atomic mass is 35.5. The van der Waals surface area contributed by atoms with Crippen LogP contribution in [-0.2, 0) is 23.1 Å². The van der Waals surface area contributed by atoms with Crippen LogP contribution in [0, 0.1) is 0 Å². The van der Waals surface area contributed by atoms with Crippen molar-refractivity contribution in [1.82, 2.24) is 0 Å². The van der Waals surface area contributed by atoms with Gasteiger partial charge in [0.1, 0.15) is 12.4 Å². The van der Waals surface area contributed by atoms with Gasteiger partial charge in [0.2, 0.25) is 0 Å². The summed E-state index contributed by atoms with van der Waals surface area (Å²) in [7, 11) is -3.96. The number of sulfonamides is 1. The van der Waals surface area contributed by atoms with Gasteiger partial charge in [-0.3, -0.25) is 4.72 Å². The lowest BCUT2D eigenvalue weighted by Gasteiger charge is -2.16. The molecule has 0 fully saturated rings. The van der Waals surface area contributed by atoms with Crippen molar-refractivity contribution < 1.29 is 23.1 Å². The van der Waals surface area contributed by atoms with Crippen molar-refractivity contribution in [1.29, 1.82) is 0 Å². The summed E-state index contributed by atoms with van der Waals surface area (Å²) >= 11 is 6.15. The van der Waals surface area contributed by atoms with Gasteiger partial charge in [-0.1, -0.05) is 72.3 Å². The average Bonchev–Trinajstić information content (AvgIpc) is 2.84. The van der Waals surface area contributed by atoms with Crippen molar-refractivity contribution >= 4 is 33.3 Å². The Balaban J connectivity index is 1.57. The van der Waals surface area contributed by atoms with Crippen molar-refractivity contribution in [2.75, 3.05) is 4.72 Å². The van der Waals surface area contributed by atoms with Crippen molar-refractivity contribution in [3.63, 3.8) is 0 Å². The van der Waals surface area contributed by atoms with Crippen molar-refractivity contribution in [3.05, 3.63) is 124 Å². The van der Waals surface area contributed by atoms with Gasteiger partial charge in [0, 0.05) is 5.02 Å². The predicted molar refractivity (Wildman–Crippen MR) is 136 cm³/mol. The van der Waals surface area contributed by atoms with E-state index in [1.54, 1.807) is 48.5 Å². The first-order valence-electron chi connectivity index (χ1n) is 10.7. The Morgan fingerprint density at radius 3 is 2.26 bits per heavy atom. The summed E-state index contributed by atoms with van der Waals surface area (Å²) in [6.07, 6.45) is 0.461. The molecule has 8 heteroatoms. The summed E-state index contributed by atoms with van der Waals surface area (Å²) in [6, 6.07) is 27.4. The number of halogens is 1. The third-order valence-corrected chi connectivity index (χ3v) is 6.98. The van der Waals surface area contributed by atoms with Gasteiger partial charge < -0.3 is 9.84 Å². The van der Waals surface area contributed by atoms with E-state index in [1.165, 1.54) is 18.2 Å². The lowest BCUT2D eigenvalue weighted by atomic mass is 10.1. The van der Waals surface area contributed by atoms with Crippen LogP contribution >= 0.6 is 11.6 Å². The van der Waals surface area contributed by atoms with Gasteiger partial charge in [-0.05, 0) is 59.5 Å². The van der Waals surface area contributed by atoms with Crippen molar-refractivity contribution in [2.24, 2.45) is 0 Å². The van der Waals surface area contributed by atoms with Gasteiger partial charge in [0.05, 0.1) is 16.1 Å². The Kier molecular flexibility index (Phi) is 7.39. The van der Waals surface area contributed by atoms with Crippen LogP contribution in [0.4, 0.5) is 5.69 Å². The number of hydrogen-bond acceptors (Lipinski definition) is 4. The minimum Gasteiger partial charge on any atom is -0.487 e. The van der Waals surface area contributed by atoms with Gasteiger partial charge >= 0.3 is 5.97 Å². The molecule has 0 saturated carbocycles. The van der Waals surface area contributed by atoms with Crippen LogP contribution in [0.25, 0.3) is 0 Å². The zero-order chi connectivity index (χ0) is 24.8. The summed E-state index contributed by atoms with van der Waals surface area (Å²) < 4.78 is 35.2. The number of ether oxygens (including phenoxy) is 1. The van der Waals surface area contributed by atoms with Crippen LogP contribution in [0.1, 0.15) is 27.0 Å². The van der Waals surface area contributed by atoms with E-state index in [2.05, 4.69) is 4.72 Å². The maximum Gasteiger partial charge on any atom is 0.335 e. The number of nitrogens with one attached hydrogen (secondary N) is 1. The molecule has 0 aliphatic heterocycles. The molecule has 0 radical (unpaired) electrons. The monoisotopic (exact) mass is 507 g/mol. The molecule has 0 saturated heterocycles. The molecule has 4 aromatic carbocycles. The van der Waals surface area contributed by atoms with E-state index in [0.29, 0.717) is 22.8 Å². The molecule has 0 aliphatic rings. The van der Waals surface area contributed by atoms with E-state index in [1.807, 2.05) is 30.3 Å². The minimum atomic E-state index is -3.96. The van der Waals surface area contributed by atoms with E-state index in [4.69, 9.17) is 21.4 Å². The van der Waals surface area contributed by atoms with Crippen molar-refractivity contribution in [3.8, 4) is 5.75 Å². The number of carboxylic acid groups (broad SMARTS) is 1. The molecular weight excluding hydrogens is 486 g/mol. The fourth-order valence-electron chi connectivity index (χ4n) is 3.54. The summed E-state index contributed by atoms with van der Waals surface area (Å²) in [6.45, 7) is 0.112. The molecule has 0 unspecified atom stereocenters. The average molecular weight is 508 g/mol.